The number of nitrogens with one attached hydrogen (secondary N) is 1. The Labute approximate surface area is 75.0 Å². The quantitative estimate of drug-likeness (QED) is 0.736. The molecule has 0 fully saturated rings. The van der Waals surface area contributed by atoms with Gasteiger partial charge in [-0.15, -0.1) is 0 Å². The van der Waals surface area contributed by atoms with Gasteiger partial charge in [-0.05, 0) is 6.07 Å². The number of halogens is 3. The lowest BCUT2D eigenvalue weighted by atomic mass is 10.3. The predicted octanol–water partition coefficient (Wildman–Crippen LogP) is 1.06. The van der Waals surface area contributed by atoms with E-state index in [9.17, 15) is 22.9 Å². The van der Waals surface area contributed by atoms with E-state index >= 15 is 0 Å². The average molecular weight is 207 g/mol. The maximum absolute atomic E-state index is 12.1. The van der Waals surface area contributed by atoms with Crippen molar-refractivity contribution in [2.75, 3.05) is 0 Å². The number of aromatic amines is 1. The van der Waals surface area contributed by atoms with Gasteiger partial charge in [0.1, 0.15) is 6.54 Å². The molecular formula is C6H4F3N3O2. The number of aromatic nitrogens is 2. The van der Waals surface area contributed by atoms with Gasteiger partial charge in [-0.1, -0.05) is 5.18 Å². The van der Waals surface area contributed by atoms with E-state index in [1.807, 2.05) is 4.98 Å². The van der Waals surface area contributed by atoms with Crippen LogP contribution in [0.15, 0.2) is 16.0 Å². The third kappa shape index (κ3) is 2.38. The minimum atomic E-state index is -4.70. The molecule has 76 valence electrons. The van der Waals surface area contributed by atoms with Crippen molar-refractivity contribution < 1.29 is 13.2 Å². The number of H-pyrrole nitrogens is 1. The number of hydrogen-bond donors (Lipinski definition) is 1. The van der Waals surface area contributed by atoms with Crippen LogP contribution in [0.5, 0.6) is 0 Å². The van der Waals surface area contributed by atoms with E-state index in [1.54, 1.807) is 0 Å². The smallest absolute Gasteiger partial charge is 0.308 e. The van der Waals surface area contributed by atoms with Gasteiger partial charge in [0, 0.05) is 5.69 Å². The molecule has 8 heteroatoms. The fraction of sp³-hybridized carbons (Fsp3) is 0.333. The molecule has 0 atom stereocenters. The summed E-state index contributed by atoms with van der Waals surface area (Å²) in [7, 11) is 0. The van der Waals surface area contributed by atoms with Gasteiger partial charge < -0.3 is 4.98 Å². The molecule has 0 aliphatic heterocycles. The van der Waals surface area contributed by atoms with Crippen molar-refractivity contribution in [3.63, 3.8) is 0 Å². The summed E-state index contributed by atoms with van der Waals surface area (Å²) in [6.07, 6.45) is -4.70. The lowest BCUT2D eigenvalue weighted by Gasteiger charge is -2.04. The van der Waals surface area contributed by atoms with Gasteiger partial charge >= 0.3 is 11.9 Å². The summed E-state index contributed by atoms with van der Waals surface area (Å²) < 4.78 is 36.2. The van der Waals surface area contributed by atoms with Crippen molar-refractivity contribution in [2.24, 2.45) is 5.18 Å². The van der Waals surface area contributed by atoms with Gasteiger partial charge in [0.15, 0.2) is 5.69 Å². The summed E-state index contributed by atoms with van der Waals surface area (Å²) in [6, 6.07) is 0.572. The second kappa shape index (κ2) is 3.56. The lowest BCUT2D eigenvalue weighted by Crippen LogP contribution is -2.20. The highest BCUT2D eigenvalue weighted by molar-refractivity contribution is 5.11. The summed E-state index contributed by atoms with van der Waals surface area (Å²) in [4.78, 5) is 25.1. The molecule has 5 nitrogen and oxygen atoms in total. The van der Waals surface area contributed by atoms with E-state index in [2.05, 4.69) is 10.2 Å². The lowest BCUT2D eigenvalue weighted by molar-refractivity contribution is -0.141. The molecule has 0 aliphatic rings. The summed E-state index contributed by atoms with van der Waals surface area (Å²) in [6.45, 7) is -0.527. The number of nitrogens with zero attached hydrogens (tertiary/aromatic N) is 2. The summed E-state index contributed by atoms with van der Waals surface area (Å²) in [5.41, 5.74) is -2.70. The molecule has 0 unspecified atom stereocenters. The van der Waals surface area contributed by atoms with E-state index in [0.717, 1.165) is 0 Å². The third-order valence-corrected chi connectivity index (χ3v) is 1.33. The number of alkyl halides is 3. The maximum atomic E-state index is 12.1. The Hall–Kier alpha value is -1.73. The van der Waals surface area contributed by atoms with E-state index in [-0.39, 0.29) is 5.69 Å². The number of nitroso groups, excluding NO2 is 1. The standard InChI is InChI=1S/C6H4F3N3O2/c7-6(8,9)4-1-3(2-10-14)11-5(13)12-4/h1H,2H2,(H,11,12,13). The summed E-state index contributed by atoms with van der Waals surface area (Å²) >= 11 is 0. The van der Waals surface area contributed by atoms with E-state index in [4.69, 9.17) is 0 Å². The minimum absolute atomic E-state index is 0.215. The highest BCUT2D eigenvalue weighted by Crippen LogP contribution is 2.26. The molecule has 0 aliphatic carbocycles. The van der Waals surface area contributed by atoms with Gasteiger partial charge in [-0.25, -0.2) is 4.79 Å². The first kappa shape index (κ1) is 10.4. The SMILES string of the molecule is O=NCc1cc(C(F)(F)F)nc(=O)[nH]1. The summed E-state index contributed by atoms with van der Waals surface area (Å²) in [5.74, 6) is 0. The molecule has 1 N–H and O–H groups in total. The molecule has 1 rings (SSSR count). The van der Waals surface area contributed by atoms with Crippen LogP contribution in [-0.4, -0.2) is 9.97 Å². The van der Waals surface area contributed by atoms with Crippen LogP contribution in [0.2, 0.25) is 0 Å². The third-order valence-electron chi connectivity index (χ3n) is 1.33. The molecule has 0 aromatic carbocycles. The molecule has 0 spiro atoms. The minimum Gasteiger partial charge on any atom is -0.308 e. The Kier molecular flexibility index (Phi) is 2.63. The second-order valence-corrected chi connectivity index (χ2v) is 2.38. The van der Waals surface area contributed by atoms with Crippen LogP contribution in [0.1, 0.15) is 11.4 Å². The van der Waals surface area contributed by atoms with Crippen molar-refractivity contribution in [3.8, 4) is 0 Å². The van der Waals surface area contributed by atoms with Gasteiger partial charge in [0.05, 0.1) is 0 Å². The molecule has 14 heavy (non-hydrogen) atoms. The molecule has 0 saturated heterocycles. The van der Waals surface area contributed by atoms with Crippen LogP contribution in [0.3, 0.4) is 0 Å². The zero-order chi connectivity index (χ0) is 10.8. The van der Waals surface area contributed by atoms with E-state index in [0.29, 0.717) is 6.07 Å². The normalized spacial score (nSPS) is 11.4. The largest absolute Gasteiger partial charge is 0.433 e. The van der Waals surface area contributed by atoms with Crippen molar-refractivity contribution in [1.82, 2.24) is 9.97 Å². The van der Waals surface area contributed by atoms with Gasteiger partial charge in [0.25, 0.3) is 0 Å². The van der Waals surface area contributed by atoms with Crippen LogP contribution >= 0.6 is 0 Å². The fourth-order valence-corrected chi connectivity index (χ4v) is 0.808. The van der Waals surface area contributed by atoms with Gasteiger partial charge in [-0.2, -0.15) is 23.1 Å². The Bertz CT molecular complexity index is 398. The topological polar surface area (TPSA) is 75.2 Å². The molecule has 1 aromatic heterocycles. The number of rotatable bonds is 2. The molecule has 0 bridgehead atoms. The highest BCUT2D eigenvalue weighted by atomic mass is 19.4. The average Bonchev–Trinajstić information content (AvgIpc) is 2.02. The summed E-state index contributed by atoms with van der Waals surface area (Å²) in [5, 5.41) is 2.35. The first-order valence-corrected chi connectivity index (χ1v) is 3.40. The van der Waals surface area contributed by atoms with Crippen LogP contribution in [-0.2, 0) is 12.7 Å². The zero-order valence-corrected chi connectivity index (χ0v) is 6.63. The van der Waals surface area contributed by atoms with Gasteiger partial charge in [0.2, 0.25) is 0 Å². The number of hydrogen-bond acceptors (Lipinski definition) is 4. The van der Waals surface area contributed by atoms with Crippen LogP contribution in [0.4, 0.5) is 13.2 Å². The molecule has 0 saturated carbocycles. The van der Waals surface area contributed by atoms with Crippen molar-refractivity contribution >= 4 is 0 Å². The molecular weight excluding hydrogens is 203 g/mol. The van der Waals surface area contributed by atoms with Crippen LogP contribution < -0.4 is 5.69 Å². The van der Waals surface area contributed by atoms with Gasteiger partial charge in [-0.3, -0.25) is 0 Å². The highest BCUT2D eigenvalue weighted by Gasteiger charge is 2.33. The second-order valence-electron chi connectivity index (χ2n) is 2.38. The van der Waals surface area contributed by atoms with Crippen LogP contribution in [0.25, 0.3) is 0 Å². The van der Waals surface area contributed by atoms with Crippen LogP contribution in [0, 0.1) is 4.91 Å². The molecule has 0 radical (unpaired) electrons. The predicted molar refractivity (Wildman–Crippen MR) is 39.4 cm³/mol. The van der Waals surface area contributed by atoms with Crippen molar-refractivity contribution in [1.29, 1.82) is 0 Å². The Balaban J connectivity index is 3.20. The Morgan fingerprint density at radius 3 is 2.64 bits per heavy atom. The first-order chi connectivity index (χ1) is 6.43. The van der Waals surface area contributed by atoms with E-state index < -0.39 is 24.1 Å². The molecule has 1 aromatic rings. The fourth-order valence-electron chi connectivity index (χ4n) is 0.808. The Morgan fingerprint density at radius 2 is 2.14 bits per heavy atom. The maximum Gasteiger partial charge on any atom is 0.433 e. The van der Waals surface area contributed by atoms with Crippen molar-refractivity contribution in [2.45, 2.75) is 12.7 Å². The van der Waals surface area contributed by atoms with E-state index in [1.165, 1.54) is 0 Å². The first-order valence-electron chi connectivity index (χ1n) is 3.40. The monoisotopic (exact) mass is 207 g/mol. The molecule has 0 amide bonds. The molecule has 1 heterocycles. The zero-order valence-electron chi connectivity index (χ0n) is 6.63. The van der Waals surface area contributed by atoms with Crippen molar-refractivity contribution in [3.05, 3.63) is 32.8 Å². The Morgan fingerprint density at radius 1 is 1.50 bits per heavy atom.